The van der Waals surface area contributed by atoms with Crippen LogP contribution >= 0.6 is 12.4 Å². The van der Waals surface area contributed by atoms with E-state index in [-0.39, 0.29) is 28.9 Å². The second-order valence-corrected chi connectivity index (χ2v) is 6.49. The first kappa shape index (κ1) is 19.5. The van der Waals surface area contributed by atoms with Gasteiger partial charge in [0.25, 0.3) is 5.69 Å². The largest absolute Gasteiger partial charge is 0.362 e. The van der Waals surface area contributed by atoms with Crippen LogP contribution in [0.3, 0.4) is 0 Å². The number of anilines is 1. The molecule has 2 aliphatic rings. The molecule has 0 saturated carbocycles. The van der Waals surface area contributed by atoms with Crippen LogP contribution in [0.1, 0.15) is 26.2 Å². The number of hydrogen-bond donors (Lipinski definition) is 1. The van der Waals surface area contributed by atoms with E-state index in [9.17, 15) is 14.9 Å². The summed E-state index contributed by atoms with van der Waals surface area (Å²) in [5.74, 6) is 0.185. The lowest BCUT2D eigenvalue weighted by Crippen LogP contribution is -2.59. The number of para-hydroxylation sites is 2. The van der Waals surface area contributed by atoms with Crippen LogP contribution in [-0.4, -0.2) is 54.0 Å². The van der Waals surface area contributed by atoms with E-state index in [0.717, 1.165) is 25.8 Å². The van der Waals surface area contributed by atoms with Crippen molar-refractivity contribution < 1.29 is 9.72 Å². The molecule has 2 heterocycles. The molecule has 1 amide bonds. The van der Waals surface area contributed by atoms with Crippen molar-refractivity contribution in [3.63, 3.8) is 0 Å². The molecule has 1 aromatic rings. The van der Waals surface area contributed by atoms with Crippen LogP contribution in [0.15, 0.2) is 24.3 Å². The molecule has 0 bridgehead atoms. The van der Waals surface area contributed by atoms with E-state index in [4.69, 9.17) is 0 Å². The Balaban J connectivity index is 0.00000225. The summed E-state index contributed by atoms with van der Waals surface area (Å²) in [6.45, 7) is 5.41. The third-order valence-electron chi connectivity index (χ3n) is 5.24. The highest BCUT2D eigenvalue weighted by Crippen LogP contribution is 2.30. The van der Waals surface area contributed by atoms with Gasteiger partial charge in [0, 0.05) is 32.2 Å². The minimum atomic E-state index is -0.402. The van der Waals surface area contributed by atoms with Crippen LogP contribution in [0.2, 0.25) is 0 Å². The Morgan fingerprint density at radius 2 is 1.96 bits per heavy atom. The van der Waals surface area contributed by atoms with Crippen molar-refractivity contribution >= 4 is 29.7 Å². The molecule has 7 nitrogen and oxygen atoms in total. The van der Waals surface area contributed by atoms with E-state index in [2.05, 4.69) is 12.2 Å². The number of nitro groups is 1. The summed E-state index contributed by atoms with van der Waals surface area (Å²) in [4.78, 5) is 27.7. The van der Waals surface area contributed by atoms with Gasteiger partial charge in [-0.1, -0.05) is 19.1 Å². The number of hydrogen-bond acceptors (Lipinski definition) is 5. The van der Waals surface area contributed by atoms with E-state index >= 15 is 0 Å². The molecular formula is C17H25ClN4O3. The van der Waals surface area contributed by atoms with Gasteiger partial charge in [0.15, 0.2) is 0 Å². The summed E-state index contributed by atoms with van der Waals surface area (Å²) in [5.41, 5.74) is 0.361. The summed E-state index contributed by atoms with van der Waals surface area (Å²) in [5, 5.41) is 14.6. The summed E-state index contributed by atoms with van der Waals surface area (Å²) >= 11 is 0. The van der Waals surface area contributed by atoms with Crippen molar-refractivity contribution in [1.82, 2.24) is 10.2 Å². The Hall–Kier alpha value is -1.86. The summed E-state index contributed by atoms with van der Waals surface area (Å²) in [6.07, 6.45) is 2.73. The van der Waals surface area contributed by atoms with Gasteiger partial charge in [0.1, 0.15) is 5.69 Å². The highest BCUT2D eigenvalue weighted by Gasteiger charge is 2.42. The average molecular weight is 369 g/mol. The third-order valence-corrected chi connectivity index (χ3v) is 5.24. The maximum absolute atomic E-state index is 12.9. The average Bonchev–Trinajstić information content (AvgIpc) is 3.11. The fraction of sp³-hybridized carbons (Fsp3) is 0.588. The van der Waals surface area contributed by atoms with Gasteiger partial charge in [-0.2, -0.15) is 0 Å². The van der Waals surface area contributed by atoms with Gasteiger partial charge in [-0.15, -0.1) is 12.4 Å². The van der Waals surface area contributed by atoms with Crippen LogP contribution in [0, 0.1) is 10.1 Å². The van der Waals surface area contributed by atoms with Crippen molar-refractivity contribution in [3.8, 4) is 0 Å². The zero-order valence-corrected chi connectivity index (χ0v) is 15.3. The number of piperazine rings is 1. The molecule has 1 aromatic carbocycles. The molecule has 25 heavy (non-hydrogen) atoms. The Morgan fingerprint density at radius 3 is 2.52 bits per heavy atom. The molecule has 0 aromatic heterocycles. The Labute approximate surface area is 153 Å². The highest BCUT2D eigenvalue weighted by molar-refractivity contribution is 5.87. The third kappa shape index (κ3) is 3.72. The van der Waals surface area contributed by atoms with Gasteiger partial charge in [0.05, 0.1) is 10.5 Å². The van der Waals surface area contributed by atoms with E-state index in [1.165, 1.54) is 6.07 Å². The molecule has 2 saturated heterocycles. The van der Waals surface area contributed by atoms with Crippen LogP contribution in [0.4, 0.5) is 11.4 Å². The molecule has 0 radical (unpaired) electrons. The van der Waals surface area contributed by atoms with Gasteiger partial charge in [-0.05, 0) is 31.9 Å². The van der Waals surface area contributed by atoms with Gasteiger partial charge in [-0.25, -0.2) is 0 Å². The van der Waals surface area contributed by atoms with E-state index < -0.39 is 5.54 Å². The van der Waals surface area contributed by atoms with Gasteiger partial charge in [-0.3, -0.25) is 14.9 Å². The van der Waals surface area contributed by atoms with Crippen molar-refractivity contribution in [2.45, 2.75) is 31.7 Å². The highest BCUT2D eigenvalue weighted by atomic mass is 35.5. The lowest BCUT2D eigenvalue weighted by molar-refractivity contribution is -0.384. The maximum Gasteiger partial charge on any atom is 0.292 e. The minimum Gasteiger partial charge on any atom is -0.362 e. The topological polar surface area (TPSA) is 78.7 Å². The van der Waals surface area contributed by atoms with Gasteiger partial charge < -0.3 is 15.1 Å². The predicted octanol–water partition coefficient (Wildman–Crippen LogP) is 2.20. The van der Waals surface area contributed by atoms with Crippen LogP contribution < -0.4 is 10.2 Å². The Kier molecular flexibility index (Phi) is 6.24. The molecule has 0 aliphatic carbocycles. The molecule has 1 unspecified atom stereocenters. The monoisotopic (exact) mass is 368 g/mol. The fourth-order valence-electron chi connectivity index (χ4n) is 3.78. The molecule has 0 spiro atoms. The second-order valence-electron chi connectivity index (χ2n) is 6.49. The van der Waals surface area contributed by atoms with Crippen molar-refractivity contribution in [2.75, 3.05) is 37.6 Å². The predicted molar refractivity (Wildman–Crippen MR) is 99.4 cm³/mol. The molecule has 8 heteroatoms. The van der Waals surface area contributed by atoms with Gasteiger partial charge in [0.2, 0.25) is 5.91 Å². The fourth-order valence-corrected chi connectivity index (χ4v) is 3.78. The maximum atomic E-state index is 12.9. The van der Waals surface area contributed by atoms with Crippen LogP contribution in [0.5, 0.6) is 0 Å². The first-order valence-corrected chi connectivity index (χ1v) is 8.60. The zero-order chi connectivity index (χ0) is 17.2. The number of benzene rings is 1. The number of halogens is 1. The molecular weight excluding hydrogens is 344 g/mol. The first-order valence-electron chi connectivity index (χ1n) is 8.60. The van der Waals surface area contributed by atoms with Crippen LogP contribution in [0.25, 0.3) is 0 Å². The van der Waals surface area contributed by atoms with Crippen molar-refractivity contribution in [1.29, 1.82) is 0 Å². The summed E-state index contributed by atoms with van der Waals surface area (Å²) < 4.78 is 0. The first-order chi connectivity index (χ1) is 11.6. The minimum absolute atomic E-state index is 0. The number of amides is 1. The lowest BCUT2D eigenvalue weighted by atomic mass is 9.92. The van der Waals surface area contributed by atoms with Crippen molar-refractivity contribution in [3.05, 3.63) is 34.4 Å². The normalized spacial score (nSPS) is 23.2. The van der Waals surface area contributed by atoms with Crippen molar-refractivity contribution in [2.24, 2.45) is 0 Å². The molecule has 2 aliphatic heterocycles. The smallest absolute Gasteiger partial charge is 0.292 e. The van der Waals surface area contributed by atoms with E-state index in [0.29, 0.717) is 31.9 Å². The Bertz CT molecular complexity index is 626. The summed E-state index contributed by atoms with van der Waals surface area (Å²) in [7, 11) is 0. The Morgan fingerprint density at radius 1 is 1.28 bits per heavy atom. The lowest BCUT2D eigenvalue weighted by Gasteiger charge is -2.40. The SMILES string of the molecule is CCC1(C(=O)N2CCN(c3ccccc3[N+](=O)[O-])CC2)CCCN1.Cl. The number of carbonyl (C=O) groups excluding carboxylic acids is 1. The number of nitrogens with one attached hydrogen (secondary N) is 1. The zero-order valence-electron chi connectivity index (χ0n) is 14.4. The van der Waals surface area contributed by atoms with E-state index in [1.807, 2.05) is 15.9 Å². The standard InChI is InChI=1S/C17H24N4O3.ClH/c1-2-17(8-5-9-18-17)16(22)20-12-10-19(11-13-20)14-6-3-4-7-15(14)21(23)24;/h3-4,6-7,18H,2,5,8-13H2,1H3;1H. The summed E-state index contributed by atoms with van der Waals surface area (Å²) in [6, 6.07) is 6.80. The molecule has 3 rings (SSSR count). The molecule has 138 valence electrons. The number of rotatable bonds is 4. The number of nitro benzene ring substituents is 1. The number of nitrogens with zero attached hydrogens (tertiary/aromatic N) is 3. The molecule has 2 fully saturated rings. The van der Waals surface area contributed by atoms with Crippen LogP contribution in [-0.2, 0) is 4.79 Å². The van der Waals surface area contributed by atoms with Gasteiger partial charge >= 0.3 is 0 Å². The molecule has 1 N–H and O–H groups in total. The molecule has 1 atom stereocenters. The number of carbonyl (C=O) groups is 1. The van der Waals surface area contributed by atoms with E-state index in [1.54, 1.807) is 12.1 Å². The second kappa shape index (κ2) is 8.01. The quantitative estimate of drug-likeness (QED) is 0.651.